The smallest absolute Gasteiger partial charge is 0.322 e. The van der Waals surface area contributed by atoms with Crippen molar-refractivity contribution < 1.29 is 22.3 Å². The quantitative estimate of drug-likeness (QED) is 0.242. The third-order valence-corrected chi connectivity index (χ3v) is 7.38. The second-order valence-electron chi connectivity index (χ2n) is 10.5. The van der Waals surface area contributed by atoms with E-state index in [2.05, 4.69) is 21.0 Å². The molecule has 2 N–H and O–H groups in total. The zero-order valence-corrected chi connectivity index (χ0v) is 25.7. The van der Waals surface area contributed by atoms with Crippen molar-refractivity contribution in [1.82, 2.24) is 9.80 Å². The number of amides is 2. The largest absolute Gasteiger partial charge is 0.457 e. The van der Waals surface area contributed by atoms with Crippen LogP contribution in [-0.4, -0.2) is 56.2 Å². The fourth-order valence-electron chi connectivity index (χ4n) is 4.66. The van der Waals surface area contributed by atoms with Crippen molar-refractivity contribution in [3.8, 4) is 11.5 Å². The number of ether oxygens (including phenoxy) is 1. The number of hydrogen-bond acceptors (Lipinski definition) is 5. The number of allylic oxidation sites excluding steroid dienone is 1. The summed E-state index contributed by atoms with van der Waals surface area (Å²) in [5.74, 6) is 0.966. The highest BCUT2D eigenvalue weighted by atomic mass is 35.5. The Morgan fingerprint density at radius 3 is 2.05 bits per heavy atom. The Labute approximate surface area is 254 Å². The van der Waals surface area contributed by atoms with E-state index in [1.165, 1.54) is 17.7 Å². The SMILES string of the molecule is CC(C)=CCN(C(=O)Nc1ccc(F)cc1)C1CCN(Cc2ccc(Oc3ccc(NS(C)(=O)=O)cc3)cc2)CC1.Cl. The normalized spacial score (nSPS) is 13.9. The minimum Gasteiger partial charge on any atom is -0.457 e. The molecule has 0 radical (unpaired) electrons. The first-order valence-corrected chi connectivity index (χ1v) is 15.5. The van der Waals surface area contributed by atoms with Gasteiger partial charge in [0, 0.05) is 43.6 Å². The van der Waals surface area contributed by atoms with Gasteiger partial charge in [-0.1, -0.05) is 23.8 Å². The van der Waals surface area contributed by atoms with Crippen LogP contribution in [0.4, 0.5) is 20.6 Å². The fourth-order valence-corrected chi connectivity index (χ4v) is 5.22. The first-order chi connectivity index (χ1) is 19.5. The van der Waals surface area contributed by atoms with Crippen molar-refractivity contribution in [2.45, 2.75) is 39.3 Å². The lowest BCUT2D eigenvalue weighted by atomic mass is 10.0. The van der Waals surface area contributed by atoms with Crippen molar-refractivity contribution in [2.24, 2.45) is 0 Å². The van der Waals surface area contributed by atoms with Gasteiger partial charge in [-0.25, -0.2) is 17.6 Å². The second kappa shape index (κ2) is 15.0. The molecule has 0 atom stereocenters. The second-order valence-corrected chi connectivity index (χ2v) is 12.3. The third kappa shape index (κ3) is 10.3. The zero-order valence-electron chi connectivity index (χ0n) is 24.0. The molecule has 1 aliphatic rings. The van der Waals surface area contributed by atoms with E-state index in [1.54, 1.807) is 36.4 Å². The number of urea groups is 1. The molecule has 0 unspecified atom stereocenters. The summed E-state index contributed by atoms with van der Waals surface area (Å²) in [6.07, 6.45) is 4.89. The van der Waals surface area contributed by atoms with E-state index in [-0.39, 0.29) is 30.3 Å². The van der Waals surface area contributed by atoms with Gasteiger partial charge in [-0.2, -0.15) is 0 Å². The first kappa shape index (κ1) is 32.9. The van der Waals surface area contributed by atoms with Crippen molar-refractivity contribution in [1.29, 1.82) is 0 Å². The molecule has 1 aliphatic heterocycles. The topological polar surface area (TPSA) is 91.0 Å². The monoisotopic (exact) mass is 616 g/mol. The summed E-state index contributed by atoms with van der Waals surface area (Å²) in [5.41, 5.74) is 3.37. The maximum atomic E-state index is 13.3. The molecule has 0 aliphatic carbocycles. The number of piperidine rings is 1. The van der Waals surface area contributed by atoms with Crippen LogP contribution in [0.1, 0.15) is 32.3 Å². The number of sulfonamides is 1. The van der Waals surface area contributed by atoms with Crippen molar-refractivity contribution >= 4 is 39.8 Å². The molecule has 1 saturated heterocycles. The van der Waals surface area contributed by atoms with Crippen LogP contribution in [-0.2, 0) is 16.6 Å². The Morgan fingerprint density at radius 2 is 1.50 bits per heavy atom. The minimum atomic E-state index is -3.32. The van der Waals surface area contributed by atoms with Gasteiger partial charge in [0.05, 0.1) is 6.26 Å². The van der Waals surface area contributed by atoms with Gasteiger partial charge < -0.3 is 15.0 Å². The number of carbonyl (C=O) groups is 1. The molecule has 3 aromatic rings. The maximum Gasteiger partial charge on any atom is 0.322 e. The highest BCUT2D eigenvalue weighted by Gasteiger charge is 2.27. The summed E-state index contributed by atoms with van der Waals surface area (Å²) in [6.45, 7) is 7.10. The molecular weight excluding hydrogens is 579 g/mol. The molecule has 0 saturated carbocycles. The number of rotatable bonds is 10. The standard InChI is InChI=1S/C31H37FN4O4S.ClH/c1-23(2)16-21-36(31(37)33-26-8-6-25(32)7-9-26)28-17-19-35(20-18-28)22-24-4-12-29(13-5-24)40-30-14-10-27(11-15-30)34-41(3,38)39;/h4-16,28,34H,17-22H2,1-3H3,(H,33,37);1H. The fraction of sp³-hybridized carbons (Fsp3) is 0.323. The highest BCUT2D eigenvalue weighted by molar-refractivity contribution is 7.92. The molecule has 1 fully saturated rings. The number of likely N-dealkylation sites (tertiary alicyclic amines) is 1. The summed E-state index contributed by atoms with van der Waals surface area (Å²) in [6, 6.07) is 20.4. The van der Waals surface area contributed by atoms with Crippen LogP contribution in [0.25, 0.3) is 0 Å². The molecule has 2 amide bonds. The summed E-state index contributed by atoms with van der Waals surface area (Å²) in [5, 5.41) is 2.91. The first-order valence-electron chi connectivity index (χ1n) is 13.6. The van der Waals surface area contributed by atoms with Crippen LogP contribution in [0.2, 0.25) is 0 Å². The van der Waals surface area contributed by atoms with Gasteiger partial charge in [0.15, 0.2) is 0 Å². The number of hydrogen-bond donors (Lipinski definition) is 2. The van der Waals surface area contributed by atoms with Gasteiger partial charge in [0.2, 0.25) is 10.0 Å². The molecule has 0 bridgehead atoms. The average molecular weight is 617 g/mol. The molecule has 0 spiro atoms. The molecule has 0 aromatic heterocycles. The summed E-state index contributed by atoms with van der Waals surface area (Å²) in [7, 11) is -3.32. The lowest BCUT2D eigenvalue weighted by Gasteiger charge is -2.38. The van der Waals surface area contributed by atoms with Crippen molar-refractivity contribution in [3.63, 3.8) is 0 Å². The predicted octanol–water partition coefficient (Wildman–Crippen LogP) is 6.88. The van der Waals surface area contributed by atoms with E-state index in [9.17, 15) is 17.6 Å². The van der Waals surface area contributed by atoms with E-state index in [1.807, 2.05) is 43.0 Å². The van der Waals surface area contributed by atoms with E-state index in [0.29, 0.717) is 29.4 Å². The Morgan fingerprint density at radius 1 is 0.952 bits per heavy atom. The molecule has 1 heterocycles. The van der Waals surface area contributed by atoms with Gasteiger partial charge in [-0.05, 0) is 92.9 Å². The molecular formula is C31H38ClFN4O4S. The van der Waals surface area contributed by atoms with Crippen LogP contribution < -0.4 is 14.8 Å². The number of anilines is 2. The Kier molecular flexibility index (Phi) is 11.8. The molecule has 3 aromatic carbocycles. The number of halogens is 2. The Bertz CT molecular complexity index is 1440. The van der Waals surface area contributed by atoms with Gasteiger partial charge in [0.25, 0.3) is 0 Å². The van der Waals surface area contributed by atoms with Gasteiger partial charge in [-0.15, -0.1) is 12.4 Å². The maximum absolute atomic E-state index is 13.3. The van der Waals surface area contributed by atoms with E-state index in [4.69, 9.17) is 4.74 Å². The minimum absolute atomic E-state index is 0. The number of benzene rings is 3. The van der Waals surface area contributed by atoms with E-state index in [0.717, 1.165) is 44.3 Å². The summed E-state index contributed by atoms with van der Waals surface area (Å²) < 4.78 is 44.3. The van der Waals surface area contributed by atoms with Gasteiger partial charge in [0.1, 0.15) is 17.3 Å². The van der Waals surface area contributed by atoms with Crippen LogP contribution in [0, 0.1) is 5.82 Å². The summed E-state index contributed by atoms with van der Waals surface area (Å²) >= 11 is 0. The Hall–Kier alpha value is -3.60. The number of carbonyl (C=O) groups excluding carboxylic acids is 1. The third-order valence-electron chi connectivity index (χ3n) is 6.77. The predicted molar refractivity (Wildman–Crippen MR) is 169 cm³/mol. The molecule has 4 rings (SSSR count). The number of nitrogens with one attached hydrogen (secondary N) is 2. The lowest BCUT2D eigenvalue weighted by molar-refractivity contribution is 0.130. The molecule has 226 valence electrons. The molecule has 8 nitrogen and oxygen atoms in total. The van der Waals surface area contributed by atoms with Crippen molar-refractivity contribution in [2.75, 3.05) is 35.9 Å². The van der Waals surface area contributed by atoms with Gasteiger partial charge in [-0.3, -0.25) is 9.62 Å². The van der Waals surface area contributed by atoms with Gasteiger partial charge >= 0.3 is 6.03 Å². The van der Waals surface area contributed by atoms with Crippen LogP contribution in [0.5, 0.6) is 11.5 Å². The summed E-state index contributed by atoms with van der Waals surface area (Å²) in [4.78, 5) is 17.4. The number of nitrogens with zero attached hydrogens (tertiary/aromatic N) is 2. The lowest BCUT2D eigenvalue weighted by Crippen LogP contribution is -2.48. The van der Waals surface area contributed by atoms with Crippen LogP contribution in [0.15, 0.2) is 84.4 Å². The van der Waals surface area contributed by atoms with Crippen LogP contribution >= 0.6 is 12.4 Å². The molecule has 11 heteroatoms. The van der Waals surface area contributed by atoms with Crippen molar-refractivity contribution in [3.05, 3.63) is 95.8 Å². The van der Waals surface area contributed by atoms with E-state index >= 15 is 0 Å². The highest BCUT2D eigenvalue weighted by Crippen LogP contribution is 2.25. The van der Waals surface area contributed by atoms with E-state index < -0.39 is 10.0 Å². The molecule has 42 heavy (non-hydrogen) atoms. The van der Waals surface area contributed by atoms with Crippen LogP contribution in [0.3, 0.4) is 0 Å². The Balaban J connectivity index is 0.00000484. The average Bonchev–Trinajstić information content (AvgIpc) is 2.92. The zero-order chi connectivity index (χ0) is 29.4.